The molecule has 6 nitrogen and oxygen atoms in total. The fourth-order valence-corrected chi connectivity index (χ4v) is 2.58. The molecule has 0 aliphatic carbocycles. The van der Waals surface area contributed by atoms with Crippen LogP contribution in [-0.2, 0) is 9.59 Å². The van der Waals surface area contributed by atoms with Gasteiger partial charge in [0, 0.05) is 13.1 Å². The van der Waals surface area contributed by atoms with E-state index < -0.39 is 0 Å². The number of aryl methyl sites for hydroxylation is 2. The number of carbonyl (C=O) groups is 2. The van der Waals surface area contributed by atoms with E-state index in [1.807, 2.05) is 39.0 Å². The third kappa shape index (κ3) is 4.96. The summed E-state index contributed by atoms with van der Waals surface area (Å²) < 4.78 is 5.84. The van der Waals surface area contributed by atoms with Crippen molar-refractivity contribution in [1.82, 2.24) is 15.5 Å². The summed E-state index contributed by atoms with van der Waals surface area (Å²) >= 11 is 0. The fourth-order valence-electron chi connectivity index (χ4n) is 2.58. The summed E-state index contributed by atoms with van der Waals surface area (Å²) in [6.45, 7) is 8.00. The second-order valence-corrected chi connectivity index (χ2v) is 5.99. The van der Waals surface area contributed by atoms with Crippen molar-refractivity contribution in [2.45, 2.75) is 26.8 Å². The predicted molar refractivity (Wildman–Crippen MR) is 88.5 cm³/mol. The molecule has 126 valence electrons. The zero-order valence-electron chi connectivity index (χ0n) is 14.0. The number of benzene rings is 1. The lowest BCUT2D eigenvalue weighted by Crippen LogP contribution is -2.52. The molecule has 0 bridgehead atoms. The highest BCUT2D eigenvalue weighted by molar-refractivity contribution is 5.86. The molecular formula is C17H25N3O3. The maximum atomic E-state index is 12.0. The highest BCUT2D eigenvalue weighted by Gasteiger charge is 2.20. The standard InChI is InChI=1S/C17H25N3O3/c1-12-5-4-6-13(2)17(12)23-11-14(3)19-15(21)10-20-8-7-18-9-16(20)22/h4-6,14,18H,7-11H2,1-3H3,(H,19,21). The molecule has 1 atom stereocenters. The minimum absolute atomic E-state index is 0.0363. The van der Waals surface area contributed by atoms with Crippen LogP contribution >= 0.6 is 0 Å². The van der Waals surface area contributed by atoms with E-state index in [-0.39, 0.29) is 24.4 Å². The molecule has 2 N–H and O–H groups in total. The summed E-state index contributed by atoms with van der Waals surface area (Å²) in [6.07, 6.45) is 0. The van der Waals surface area contributed by atoms with E-state index in [0.29, 0.717) is 19.7 Å². The quantitative estimate of drug-likeness (QED) is 0.806. The number of rotatable bonds is 6. The number of nitrogens with one attached hydrogen (secondary N) is 2. The maximum absolute atomic E-state index is 12.0. The van der Waals surface area contributed by atoms with Gasteiger partial charge in [0.1, 0.15) is 12.4 Å². The van der Waals surface area contributed by atoms with Gasteiger partial charge in [-0.05, 0) is 31.9 Å². The highest BCUT2D eigenvalue weighted by atomic mass is 16.5. The SMILES string of the molecule is Cc1cccc(C)c1OCC(C)NC(=O)CN1CCNCC1=O. The first-order valence-electron chi connectivity index (χ1n) is 7.94. The van der Waals surface area contributed by atoms with Crippen molar-refractivity contribution in [2.75, 3.05) is 32.8 Å². The molecule has 1 unspecified atom stereocenters. The van der Waals surface area contributed by atoms with Crippen molar-refractivity contribution in [2.24, 2.45) is 0 Å². The van der Waals surface area contributed by atoms with Crippen LogP contribution in [0.4, 0.5) is 0 Å². The van der Waals surface area contributed by atoms with Crippen LogP contribution in [-0.4, -0.2) is 55.5 Å². The number of para-hydroxylation sites is 1. The molecule has 1 saturated heterocycles. The molecule has 0 radical (unpaired) electrons. The first kappa shape index (κ1) is 17.3. The molecular weight excluding hydrogens is 294 g/mol. The van der Waals surface area contributed by atoms with E-state index in [1.54, 1.807) is 4.90 Å². The molecule has 0 saturated carbocycles. The molecule has 23 heavy (non-hydrogen) atoms. The van der Waals surface area contributed by atoms with E-state index >= 15 is 0 Å². The van der Waals surface area contributed by atoms with E-state index in [9.17, 15) is 9.59 Å². The molecule has 1 aromatic carbocycles. The lowest BCUT2D eigenvalue weighted by Gasteiger charge is -2.27. The van der Waals surface area contributed by atoms with Crippen LogP contribution in [0.3, 0.4) is 0 Å². The first-order chi connectivity index (χ1) is 11.0. The zero-order valence-corrected chi connectivity index (χ0v) is 14.0. The summed E-state index contributed by atoms with van der Waals surface area (Å²) in [5.74, 6) is 0.676. The van der Waals surface area contributed by atoms with Crippen LogP contribution in [0.15, 0.2) is 18.2 Å². The molecule has 1 aromatic rings. The van der Waals surface area contributed by atoms with Crippen LogP contribution in [0.5, 0.6) is 5.75 Å². The van der Waals surface area contributed by atoms with Crippen molar-refractivity contribution >= 4 is 11.8 Å². The molecule has 6 heteroatoms. The van der Waals surface area contributed by atoms with Crippen LogP contribution < -0.4 is 15.4 Å². The van der Waals surface area contributed by atoms with Crippen molar-refractivity contribution in [3.05, 3.63) is 29.3 Å². The molecule has 0 aromatic heterocycles. The highest BCUT2D eigenvalue weighted by Crippen LogP contribution is 2.22. The Balaban J connectivity index is 1.79. The average molecular weight is 319 g/mol. The zero-order chi connectivity index (χ0) is 16.8. The summed E-state index contributed by atoms with van der Waals surface area (Å²) in [7, 11) is 0. The molecule has 2 rings (SSSR count). The van der Waals surface area contributed by atoms with Gasteiger partial charge in [0.05, 0.1) is 19.1 Å². The van der Waals surface area contributed by atoms with Crippen LogP contribution in [0.2, 0.25) is 0 Å². The number of ether oxygens (including phenoxy) is 1. The Morgan fingerprint density at radius 2 is 2.09 bits per heavy atom. The smallest absolute Gasteiger partial charge is 0.239 e. The Bertz CT molecular complexity index is 554. The first-order valence-corrected chi connectivity index (χ1v) is 7.94. The van der Waals surface area contributed by atoms with Crippen molar-refractivity contribution < 1.29 is 14.3 Å². The van der Waals surface area contributed by atoms with Gasteiger partial charge < -0.3 is 20.3 Å². The predicted octanol–water partition coefficient (Wildman–Crippen LogP) is 0.619. The summed E-state index contributed by atoms with van der Waals surface area (Å²) in [4.78, 5) is 25.3. The van der Waals surface area contributed by atoms with Crippen molar-refractivity contribution in [3.63, 3.8) is 0 Å². The lowest BCUT2D eigenvalue weighted by atomic mass is 10.1. The molecule has 2 amide bonds. The minimum atomic E-state index is -0.155. The van der Waals surface area contributed by atoms with Gasteiger partial charge in [0.2, 0.25) is 11.8 Å². The summed E-state index contributed by atoms with van der Waals surface area (Å²) in [6, 6.07) is 5.87. The summed E-state index contributed by atoms with van der Waals surface area (Å²) in [5.41, 5.74) is 2.16. The topological polar surface area (TPSA) is 70.7 Å². The van der Waals surface area contributed by atoms with Gasteiger partial charge in [-0.25, -0.2) is 0 Å². The number of hydrogen-bond donors (Lipinski definition) is 2. The van der Waals surface area contributed by atoms with E-state index in [2.05, 4.69) is 10.6 Å². The minimum Gasteiger partial charge on any atom is -0.491 e. The monoisotopic (exact) mass is 319 g/mol. The molecule has 1 heterocycles. The Labute approximate surface area is 137 Å². The maximum Gasteiger partial charge on any atom is 0.239 e. The van der Waals surface area contributed by atoms with Crippen molar-refractivity contribution in [1.29, 1.82) is 0 Å². The Hall–Kier alpha value is -2.08. The van der Waals surface area contributed by atoms with E-state index in [4.69, 9.17) is 4.74 Å². The molecule has 1 fully saturated rings. The van der Waals surface area contributed by atoms with E-state index in [1.165, 1.54) is 0 Å². The van der Waals surface area contributed by atoms with Crippen molar-refractivity contribution in [3.8, 4) is 5.75 Å². The number of amides is 2. The Morgan fingerprint density at radius 1 is 1.39 bits per heavy atom. The van der Waals surface area contributed by atoms with Crippen LogP contribution in [0, 0.1) is 13.8 Å². The van der Waals surface area contributed by atoms with Gasteiger partial charge in [-0.3, -0.25) is 9.59 Å². The summed E-state index contributed by atoms with van der Waals surface area (Å²) in [5, 5.41) is 5.86. The van der Waals surface area contributed by atoms with Gasteiger partial charge >= 0.3 is 0 Å². The Kier molecular flexibility index (Phi) is 5.98. The number of hydrogen-bond acceptors (Lipinski definition) is 4. The lowest BCUT2D eigenvalue weighted by molar-refractivity contribution is -0.137. The molecule has 1 aliphatic rings. The van der Waals surface area contributed by atoms with Crippen LogP contribution in [0.1, 0.15) is 18.1 Å². The normalized spacial score (nSPS) is 16.1. The third-order valence-corrected chi connectivity index (χ3v) is 3.82. The molecule has 1 aliphatic heterocycles. The van der Waals surface area contributed by atoms with Gasteiger partial charge in [0.25, 0.3) is 0 Å². The van der Waals surface area contributed by atoms with Gasteiger partial charge in [-0.2, -0.15) is 0 Å². The number of piperazine rings is 1. The fraction of sp³-hybridized carbons (Fsp3) is 0.529. The van der Waals surface area contributed by atoms with Gasteiger partial charge in [-0.15, -0.1) is 0 Å². The largest absolute Gasteiger partial charge is 0.491 e. The van der Waals surface area contributed by atoms with E-state index in [0.717, 1.165) is 23.4 Å². The average Bonchev–Trinajstić information content (AvgIpc) is 2.49. The second kappa shape index (κ2) is 7.97. The Morgan fingerprint density at radius 3 is 2.74 bits per heavy atom. The second-order valence-electron chi connectivity index (χ2n) is 5.99. The molecule has 0 spiro atoms. The third-order valence-electron chi connectivity index (χ3n) is 3.82. The van der Waals surface area contributed by atoms with Crippen LogP contribution in [0.25, 0.3) is 0 Å². The van der Waals surface area contributed by atoms with Gasteiger partial charge in [-0.1, -0.05) is 18.2 Å². The number of carbonyl (C=O) groups excluding carboxylic acids is 2. The number of nitrogens with zero attached hydrogens (tertiary/aromatic N) is 1. The van der Waals surface area contributed by atoms with Gasteiger partial charge in [0.15, 0.2) is 0 Å².